The van der Waals surface area contributed by atoms with Gasteiger partial charge in [-0.15, -0.1) is 0 Å². The van der Waals surface area contributed by atoms with E-state index in [1.54, 1.807) is 0 Å². The molecule has 0 bridgehead atoms. The van der Waals surface area contributed by atoms with E-state index >= 15 is 0 Å². The van der Waals surface area contributed by atoms with Gasteiger partial charge in [-0.1, -0.05) is 0 Å². The smallest absolute Gasteiger partial charge is 0.344 e. The molecule has 0 spiro atoms. The van der Waals surface area contributed by atoms with E-state index in [1.165, 1.54) is 0 Å². The summed E-state index contributed by atoms with van der Waals surface area (Å²) < 4.78 is 31.6. The van der Waals surface area contributed by atoms with E-state index < -0.39 is 10.4 Å². The third-order valence-corrected chi connectivity index (χ3v) is 0. The number of rotatable bonds is 0. The molecule has 0 heterocycles. The third kappa shape index (κ3) is 152. The van der Waals surface area contributed by atoms with Gasteiger partial charge in [0.05, 0.1) is 0 Å². The molecule has 5 nitrogen and oxygen atoms in total. The summed E-state index contributed by atoms with van der Waals surface area (Å²) >= 11 is 0. The van der Waals surface area contributed by atoms with Crippen LogP contribution in [0.1, 0.15) is 0 Å². The topological polar surface area (TPSA) is 110 Å². The Labute approximate surface area is 71.7 Å². The van der Waals surface area contributed by atoms with Crippen LogP contribution in [0, 0.1) is 38.2 Å². The first-order valence-electron chi connectivity index (χ1n) is 0.698. The van der Waals surface area contributed by atoms with E-state index in [9.17, 15) is 0 Å². The van der Waals surface area contributed by atoms with Crippen LogP contribution in [-0.2, 0) is 10.4 Å². The zero-order valence-corrected chi connectivity index (χ0v) is 5.99. The van der Waals surface area contributed by atoms with E-state index in [1.807, 2.05) is 0 Å². The molecule has 0 saturated heterocycles. The van der Waals surface area contributed by atoms with Crippen molar-refractivity contribution in [2.45, 2.75) is 0 Å². The Morgan fingerprint density at radius 2 is 1.14 bits per heavy atom. The monoisotopic (exact) mass is 279 g/mol. The van der Waals surface area contributed by atoms with Gasteiger partial charge in [-0.2, -0.15) is 8.42 Å². The summed E-state index contributed by atoms with van der Waals surface area (Å²) in [5.41, 5.74) is 0. The summed E-state index contributed by atoms with van der Waals surface area (Å²) in [5, 5.41) is 0. The molecule has 0 aliphatic carbocycles. The molecule has 0 rings (SSSR count). The molecule has 0 aliphatic rings. The molecule has 0 aromatic carbocycles. The molecule has 0 saturated carbocycles. The molecule has 0 unspecified atom stereocenters. The molecular formula is H5DyNO4S. The van der Waals surface area contributed by atoms with Crippen molar-refractivity contribution in [3.63, 3.8) is 0 Å². The van der Waals surface area contributed by atoms with Crippen molar-refractivity contribution in [1.29, 1.82) is 0 Å². The van der Waals surface area contributed by atoms with Gasteiger partial charge in [0.25, 0.3) is 0 Å². The normalized spacial score (nSPS) is 8.29. The summed E-state index contributed by atoms with van der Waals surface area (Å²) in [6.07, 6.45) is 0. The molecule has 0 aliphatic heterocycles. The van der Waals surface area contributed by atoms with Crippen LogP contribution < -0.4 is 6.15 Å². The minimum absolute atomic E-state index is 0. The Morgan fingerprint density at radius 1 is 1.14 bits per heavy atom. The van der Waals surface area contributed by atoms with Crippen molar-refractivity contribution in [3.8, 4) is 0 Å². The molecule has 7 heteroatoms. The Hall–Kier alpha value is 1.10. The summed E-state index contributed by atoms with van der Waals surface area (Å²) in [6.45, 7) is 0. The standard InChI is InChI=1S/Dy.H3N.H2O4S/c;;1-5(2,3)4/h;1H3;(H2,1,2,3,4). The van der Waals surface area contributed by atoms with Crippen molar-refractivity contribution in [3.05, 3.63) is 0 Å². The zero-order chi connectivity index (χ0) is 4.50. The summed E-state index contributed by atoms with van der Waals surface area (Å²) in [5.74, 6) is 0. The molecule has 0 amide bonds. The third-order valence-electron chi connectivity index (χ3n) is 0. The molecule has 7 heavy (non-hydrogen) atoms. The van der Waals surface area contributed by atoms with E-state index in [4.69, 9.17) is 17.5 Å². The molecule has 0 aromatic heterocycles. The van der Waals surface area contributed by atoms with Crippen LogP contribution in [0.2, 0.25) is 0 Å². The van der Waals surface area contributed by atoms with Crippen molar-refractivity contribution in [2.75, 3.05) is 0 Å². The average molecular weight is 278 g/mol. The van der Waals surface area contributed by atoms with Gasteiger partial charge >= 0.3 is 10.4 Å². The minimum atomic E-state index is -4.67. The largest absolute Gasteiger partial charge is 0.394 e. The molecule has 0 fully saturated rings. The minimum Gasteiger partial charge on any atom is -0.344 e. The summed E-state index contributed by atoms with van der Waals surface area (Å²) in [4.78, 5) is 0. The molecule has 50 valence electrons. The Kier molecular flexibility index (Phi) is 11.8. The van der Waals surface area contributed by atoms with Crippen LogP contribution in [0.5, 0.6) is 0 Å². The van der Waals surface area contributed by atoms with Crippen molar-refractivity contribution < 1.29 is 55.7 Å². The van der Waals surface area contributed by atoms with Crippen LogP contribution in [0.4, 0.5) is 0 Å². The van der Waals surface area contributed by atoms with Gasteiger partial charge in [0.2, 0.25) is 0 Å². The van der Waals surface area contributed by atoms with Gasteiger partial charge in [0, 0.05) is 38.2 Å². The van der Waals surface area contributed by atoms with Crippen LogP contribution in [-0.4, -0.2) is 17.5 Å². The maximum atomic E-state index is 8.74. The number of hydrogen-bond acceptors (Lipinski definition) is 3. The second-order valence-electron chi connectivity index (χ2n) is 0.448. The van der Waals surface area contributed by atoms with Crippen LogP contribution in [0.3, 0.4) is 0 Å². The Balaban J connectivity index is -0.0000000800. The maximum Gasteiger partial charge on any atom is 0.394 e. The van der Waals surface area contributed by atoms with Crippen molar-refractivity contribution in [1.82, 2.24) is 6.15 Å². The summed E-state index contributed by atoms with van der Waals surface area (Å²) in [7, 11) is -4.67. The van der Waals surface area contributed by atoms with Crippen LogP contribution in [0.15, 0.2) is 0 Å². The van der Waals surface area contributed by atoms with Crippen molar-refractivity contribution in [2.24, 2.45) is 0 Å². The van der Waals surface area contributed by atoms with Gasteiger partial charge in [-0.25, -0.2) is 0 Å². The van der Waals surface area contributed by atoms with Crippen LogP contribution in [0.25, 0.3) is 0 Å². The second-order valence-corrected chi connectivity index (χ2v) is 1.34. The van der Waals surface area contributed by atoms with Crippen LogP contribution >= 0.6 is 0 Å². The van der Waals surface area contributed by atoms with Gasteiger partial charge < -0.3 is 6.15 Å². The predicted octanol–water partition coefficient (Wildman–Crippen LogP) is -0.491. The van der Waals surface area contributed by atoms with Gasteiger partial charge in [-0.05, 0) is 0 Å². The zero-order valence-electron chi connectivity index (χ0n) is 3.14. The Bertz CT molecular complexity index is 94.9. The molecule has 0 aromatic rings. The molecule has 0 atom stereocenters. The van der Waals surface area contributed by atoms with Gasteiger partial charge in [-0.3, -0.25) is 9.11 Å². The fraction of sp³-hybridized carbons (Fsp3) is 0. The number of hydrogen-bond donors (Lipinski definition) is 3. The average Bonchev–Trinajstić information content (AvgIpc) is 0.722. The van der Waals surface area contributed by atoms with E-state index in [0.717, 1.165) is 0 Å². The van der Waals surface area contributed by atoms with Crippen molar-refractivity contribution >= 4 is 10.4 Å². The second kappa shape index (κ2) is 5.24. The van der Waals surface area contributed by atoms with E-state index in [-0.39, 0.29) is 44.3 Å². The first kappa shape index (κ1) is 15.7. The quantitative estimate of drug-likeness (QED) is 0.518. The maximum absolute atomic E-state index is 8.74. The Morgan fingerprint density at radius 3 is 1.14 bits per heavy atom. The van der Waals surface area contributed by atoms with E-state index in [2.05, 4.69) is 0 Å². The van der Waals surface area contributed by atoms with Gasteiger partial charge in [0.15, 0.2) is 0 Å². The van der Waals surface area contributed by atoms with Gasteiger partial charge in [0.1, 0.15) is 0 Å². The fourth-order valence-corrected chi connectivity index (χ4v) is 0. The molecular weight excluding hydrogens is 273 g/mol. The predicted molar refractivity (Wildman–Crippen MR) is 19.2 cm³/mol. The molecule has 0 radical (unpaired) electrons. The molecule has 5 N–H and O–H groups in total. The van der Waals surface area contributed by atoms with E-state index in [0.29, 0.717) is 0 Å². The SMILES string of the molecule is N.O=S(=O)(O)O.[Dy]. The first-order valence-corrected chi connectivity index (χ1v) is 2.10. The fourth-order valence-electron chi connectivity index (χ4n) is 0. The summed E-state index contributed by atoms with van der Waals surface area (Å²) in [6, 6.07) is 0. The first-order chi connectivity index (χ1) is 2.00.